The molecule has 0 aliphatic carbocycles. The van der Waals surface area contributed by atoms with E-state index in [2.05, 4.69) is 56.9 Å². The summed E-state index contributed by atoms with van der Waals surface area (Å²) in [4.78, 5) is 11.8. The van der Waals surface area contributed by atoms with Crippen molar-refractivity contribution >= 4 is 23.1 Å². The van der Waals surface area contributed by atoms with Crippen LogP contribution in [0.25, 0.3) is 11.3 Å². The van der Waals surface area contributed by atoms with Gasteiger partial charge in [-0.3, -0.25) is 0 Å². The fourth-order valence-corrected chi connectivity index (χ4v) is 3.49. The van der Waals surface area contributed by atoms with Crippen molar-refractivity contribution < 1.29 is 4.74 Å². The maximum absolute atomic E-state index is 5.13. The molecule has 4 rings (SSSR count). The molecule has 0 radical (unpaired) electrons. The predicted octanol–water partition coefficient (Wildman–Crippen LogP) is 4.55. The lowest BCUT2D eigenvalue weighted by molar-refractivity contribution is 0.210. The third kappa shape index (κ3) is 5.03. The number of ether oxygens (including phenoxy) is 1. The molecular weight excluding hydrogens is 362 g/mol. The monoisotopic (exact) mass is 389 g/mol. The molecule has 1 saturated heterocycles. The average molecular weight is 390 g/mol. The standard InChI is InChI=1S/C23H27N5O/c1-29-16-13-24-22-17-21(18-7-3-2-4-8-18)26-23(27-22)25-19-9-11-20(12-10-19)28-14-5-6-15-28/h2-4,7-12,17H,5-6,13-16H2,1H3,(H2,24,25,26,27). The van der Waals surface area contributed by atoms with E-state index in [0.29, 0.717) is 19.1 Å². The predicted molar refractivity (Wildman–Crippen MR) is 119 cm³/mol. The van der Waals surface area contributed by atoms with Gasteiger partial charge in [0, 0.05) is 49.7 Å². The van der Waals surface area contributed by atoms with Crippen LogP contribution in [0, 0.1) is 0 Å². The molecule has 29 heavy (non-hydrogen) atoms. The number of anilines is 4. The second kappa shape index (κ2) is 9.39. The molecule has 2 N–H and O–H groups in total. The molecule has 150 valence electrons. The van der Waals surface area contributed by atoms with E-state index in [1.807, 2.05) is 24.3 Å². The zero-order chi connectivity index (χ0) is 19.9. The van der Waals surface area contributed by atoms with Crippen molar-refractivity contribution in [2.75, 3.05) is 48.9 Å². The molecule has 0 bridgehead atoms. The molecule has 3 aromatic rings. The van der Waals surface area contributed by atoms with Crippen LogP contribution in [-0.2, 0) is 4.74 Å². The van der Waals surface area contributed by atoms with E-state index in [4.69, 9.17) is 9.72 Å². The normalized spacial score (nSPS) is 13.5. The summed E-state index contributed by atoms with van der Waals surface area (Å²) in [6, 6.07) is 20.6. The highest BCUT2D eigenvalue weighted by Crippen LogP contribution is 2.25. The fourth-order valence-electron chi connectivity index (χ4n) is 3.49. The Morgan fingerprint density at radius 1 is 0.966 bits per heavy atom. The smallest absolute Gasteiger partial charge is 0.229 e. The lowest BCUT2D eigenvalue weighted by atomic mass is 10.1. The number of nitrogens with one attached hydrogen (secondary N) is 2. The molecule has 6 nitrogen and oxygen atoms in total. The summed E-state index contributed by atoms with van der Waals surface area (Å²) < 4.78 is 5.13. The molecule has 0 atom stereocenters. The third-order valence-electron chi connectivity index (χ3n) is 5.00. The van der Waals surface area contributed by atoms with Crippen molar-refractivity contribution in [3.05, 3.63) is 60.7 Å². The van der Waals surface area contributed by atoms with E-state index in [-0.39, 0.29) is 0 Å². The summed E-state index contributed by atoms with van der Waals surface area (Å²) in [6.45, 7) is 3.59. The van der Waals surface area contributed by atoms with Crippen molar-refractivity contribution in [3.8, 4) is 11.3 Å². The Kier molecular flexibility index (Phi) is 6.22. The Balaban J connectivity index is 1.55. The van der Waals surface area contributed by atoms with Crippen LogP contribution in [0.4, 0.5) is 23.1 Å². The third-order valence-corrected chi connectivity index (χ3v) is 5.00. The maximum Gasteiger partial charge on any atom is 0.229 e. The van der Waals surface area contributed by atoms with Gasteiger partial charge in [0.05, 0.1) is 12.3 Å². The first-order chi connectivity index (χ1) is 14.3. The number of rotatable bonds is 8. The maximum atomic E-state index is 5.13. The van der Waals surface area contributed by atoms with E-state index in [0.717, 1.165) is 35.9 Å². The Hall–Kier alpha value is -3.12. The van der Waals surface area contributed by atoms with Crippen LogP contribution in [0.3, 0.4) is 0 Å². The second-order valence-corrected chi connectivity index (χ2v) is 7.11. The Morgan fingerprint density at radius 3 is 2.45 bits per heavy atom. The van der Waals surface area contributed by atoms with Gasteiger partial charge in [-0.1, -0.05) is 30.3 Å². The highest BCUT2D eigenvalue weighted by atomic mass is 16.5. The Bertz CT molecular complexity index is 908. The van der Waals surface area contributed by atoms with E-state index in [9.17, 15) is 0 Å². The van der Waals surface area contributed by atoms with Crippen LogP contribution >= 0.6 is 0 Å². The molecule has 1 aromatic heterocycles. The van der Waals surface area contributed by atoms with Crippen LogP contribution in [0.1, 0.15) is 12.8 Å². The van der Waals surface area contributed by atoms with Gasteiger partial charge in [0.1, 0.15) is 5.82 Å². The van der Waals surface area contributed by atoms with Crippen molar-refractivity contribution in [2.45, 2.75) is 12.8 Å². The summed E-state index contributed by atoms with van der Waals surface area (Å²) in [6.07, 6.45) is 2.55. The van der Waals surface area contributed by atoms with Crippen molar-refractivity contribution in [1.82, 2.24) is 9.97 Å². The van der Waals surface area contributed by atoms with Gasteiger partial charge in [-0.05, 0) is 37.1 Å². The van der Waals surface area contributed by atoms with Crippen molar-refractivity contribution in [2.24, 2.45) is 0 Å². The number of methoxy groups -OCH3 is 1. The van der Waals surface area contributed by atoms with Gasteiger partial charge in [-0.25, -0.2) is 4.98 Å². The minimum Gasteiger partial charge on any atom is -0.383 e. The van der Waals surface area contributed by atoms with Gasteiger partial charge in [-0.15, -0.1) is 0 Å². The number of aromatic nitrogens is 2. The number of hydrogen-bond acceptors (Lipinski definition) is 6. The van der Waals surface area contributed by atoms with Gasteiger partial charge in [-0.2, -0.15) is 4.98 Å². The Labute approximate surface area is 172 Å². The zero-order valence-corrected chi connectivity index (χ0v) is 16.8. The van der Waals surface area contributed by atoms with Crippen LogP contribution in [-0.4, -0.2) is 43.3 Å². The summed E-state index contributed by atoms with van der Waals surface area (Å²) in [5.41, 5.74) is 4.17. The van der Waals surface area contributed by atoms with Gasteiger partial charge < -0.3 is 20.3 Å². The number of nitrogens with zero attached hydrogens (tertiary/aromatic N) is 3. The first-order valence-corrected chi connectivity index (χ1v) is 10.1. The lowest BCUT2D eigenvalue weighted by Gasteiger charge is -2.18. The van der Waals surface area contributed by atoms with Gasteiger partial charge in [0.25, 0.3) is 0 Å². The fraction of sp³-hybridized carbons (Fsp3) is 0.304. The largest absolute Gasteiger partial charge is 0.383 e. The lowest BCUT2D eigenvalue weighted by Crippen LogP contribution is -2.17. The summed E-state index contributed by atoms with van der Waals surface area (Å²) in [7, 11) is 1.69. The van der Waals surface area contributed by atoms with Crippen LogP contribution < -0.4 is 15.5 Å². The summed E-state index contributed by atoms with van der Waals surface area (Å²) in [5, 5.41) is 6.66. The quantitative estimate of drug-likeness (QED) is 0.551. The Morgan fingerprint density at radius 2 is 1.72 bits per heavy atom. The van der Waals surface area contributed by atoms with E-state index < -0.39 is 0 Å². The topological polar surface area (TPSA) is 62.3 Å². The molecule has 1 aliphatic heterocycles. The first kappa shape index (κ1) is 19.2. The van der Waals surface area contributed by atoms with Crippen LogP contribution in [0.2, 0.25) is 0 Å². The van der Waals surface area contributed by atoms with Gasteiger partial charge in [0.2, 0.25) is 5.95 Å². The van der Waals surface area contributed by atoms with Crippen molar-refractivity contribution in [3.63, 3.8) is 0 Å². The van der Waals surface area contributed by atoms with Gasteiger partial charge >= 0.3 is 0 Å². The number of hydrogen-bond donors (Lipinski definition) is 2. The minimum atomic E-state index is 0.570. The average Bonchev–Trinajstić information content (AvgIpc) is 3.30. The van der Waals surface area contributed by atoms with Crippen molar-refractivity contribution in [1.29, 1.82) is 0 Å². The minimum absolute atomic E-state index is 0.570. The zero-order valence-electron chi connectivity index (χ0n) is 16.8. The highest BCUT2D eigenvalue weighted by molar-refractivity contribution is 5.67. The summed E-state index contributed by atoms with van der Waals surface area (Å²) in [5.74, 6) is 1.34. The number of benzene rings is 2. The van der Waals surface area contributed by atoms with E-state index >= 15 is 0 Å². The molecule has 0 spiro atoms. The van der Waals surface area contributed by atoms with Crippen LogP contribution in [0.5, 0.6) is 0 Å². The molecule has 0 amide bonds. The van der Waals surface area contributed by atoms with Gasteiger partial charge in [0.15, 0.2) is 0 Å². The molecule has 2 heterocycles. The summed E-state index contributed by atoms with van der Waals surface area (Å²) >= 11 is 0. The molecule has 2 aromatic carbocycles. The molecule has 0 unspecified atom stereocenters. The highest BCUT2D eigenvalue weighted by Gasteiger charge is 2.12. The molecule has 1 fully saturated rings. The second-order valence-electron chi connectivity index (χ2n) is 7.11. The van der Waals surface area contributed by atoms with E-state index in [1.165, 1.54) is 18.5 Å². The molecule has 0 saturated carbocycles. The molecular formula is C23H27N5O. The first-order valence-electron chi connectivity index (χ1n) is 10.1. The van der Waals surface area contributed by atoms with E-state index in [1.54, 1.807) is 7.11 Å². The molecule has 6 heteroatoms. The SMILES string of the molecule is COCCNc1cc(-c2ccccc2)nc(Nc2ccc(N3CCCC3)cc2)n1. The molecule has 1 aliphatic rings. The van der Waals surface area contributed by atoms with Crippen LogP contribution in [0.15, 0.2) is 60.7 Å².